The number of hydrogen-bond acceptors (Lipinski definition) is 3. The van der Waals surface area contributed by atoms with Crippen LogP contribution in [0.2, 0.25) is 0 Å². The van der Waals surface area contributed by atoms with E-state index in [4.69, 9.17) is 5.73 Å². The quantitative estimate of drug-likeness (QED) is 0.718. The van der Waals surface area contributed by atoms with Gasteiger partial charge in [-0.25, -0.2) is 0 Å². The van der Waals surface area contributed by atoms with Crippen LogP contribution in [-0.2, 0) is 4.79 Å². The van der Waals surface area contributed by atoms with Gasteiger partial charge in [0.25, 0.3) is 0 Å². The van der Waals surface area contributed by atoms with Crippen molar-refractivity contribution in [1.29, 1.82) is 0 Å². The van der Waals surface area contributed by atoms with Crippen LogP contribution in [0.3, 0.4) is 0 Å². The van der Waals surface area contributed by atoms with Gasteiger partial charge in [-0.3, -0.25) is 4.79 Å². The van der Waals surface area contributed by atoms with E-state index >= 15 is 0 Å². The maximum atomic E-state index is 11.8. The molecular formula is C16H33N3O. The highest BCUT2D eigenvalue weighted by Crippen LogP contribution is 2.22. The highest BCUT2D eigenvalue weighted by Gasteiger charge is 2.33. The summed E-state index contributed by atoms with van der Waals surface area (Å²) in [5.41, 5.74) is 5.01. The molecule has 0 aromatic heterocycles. The lowest BCUT2D eigenvalue weighted by Gasteiger charge is -2.38. The number of carbonyl (C=O) groups excluding carboxylic acids is 1. The molecule has 0 aliphatic carbocycles. The van der Waals surface area contributed by atoms with Gasteiger partial charge in [0.15, 0.2) is 0 Å². The van der Waals surface area contributed by atoms with Gasteiger partial charge < -0.3 is 16.0 Å². The predicted octanol–water partition coefficient (Wildman–Crippen LogP) is 2.27. The van der Waals surface area contributed by atoms with Crippen molar-refractivity contribution in [3.63, 3.8) is 0 Å². The molecule has 118 valence electrons. The minimum absolute atomic E-state index is 0.241. The van der Waals surface area contributed by atoms with Crippen molar-refractivity contribution in [3.05, 3.63) is 0 Å². The first-order valence-corrected chi connectivity index (χ1v) is 8.20. The molecule has 0 bridgehead atoms. The zero-order valence-electron chi connectivity index (χ0n) is 13.7. The average molecular weight is 283 g/mol. The first kappa shape index (κ1) is 17.4. The van der Waals surface area contributed by atoms with E-state index in [1.165, 1.54) is 38.6 Å². The molecule has 3 N–H and O–H groups in total. The number of carbonyl (C=O) groups is 1. The Morgan fingerprint density at radius 2 is 2.15 bits per heavy atom. The topological polar surface area (TPSA) is 58.4 Å². The fourth-order valence-corrected chi connectivity index (χ4v) is 3.29. The van der Waals surface area contributed by atoms with Gasteiger partial charge in [0.2, 0.25) is 5.91 Å². The van der Waals surface area contributed by atoms with E-state index < -0.39 is 5.54 Å². The van der Waals surface area contributed by atoms with Crippen LogP contribution in [0.15, 0.2) is 0 Å². The summed E-state index contributed by atoms with van der Waals surface area (Å²) in [6, 6.07) is 0.963. The smallest absolute Gasteiger partial charge is 0.237 e. The third-order valence-corrected chi connectivity index (χ3v) is 4.42. The number of rotatable bonds is 8. The molecule has 1 heterocycles. The molecule has 1 fully saturated rings. The summed E-state index contributed by atoms with van der Waals surface area (Å²) in [6.07, 6.45) is 7.23. The number of nitrogens with zero attached hydrogens (tertiary/aromatic N) is 1. The number of nitrogens with two attached hydrogens (primary N) is 1. The largest absolute Gasteiger partial charge is 0.368 e. The second kappa shape index (κ2) is 7.99. The fourth-order valence-electron chi connectivity index (χ4n) is 3.29. The number of hydrogen-bond donors (Lipinski definition) is 2. The monoisotopic (exact) mass is 283 g/mol. The third kappa shape index (κ3) is 5.06. The molecule has 1 aliphatic heterocycles. The second-order valence-corrected chi connectivity index (χ2v) is 6.72. The Hall–Kier alpha value is -0.610. The van der Waals surface area contributed by atoms with E-state index in [0.29, 0.717) is 6.04 Å². The second-order valence-electron chi connectivity index (χ2n) is 6.72. The molecule has 1 rings (SSSR count). The zero-order valence-corrected chi connectivity index (χ0v) is 13.7. The number of primary amides is 1. The van der Waals surface area contributed by atoms with Gasteiger partial charge in [-0.2, -0.15) is 0 Å². The van der Waals surface area contributed by atoms with Crippen LogP contribution in [0.5, 0.6) is 0 Å². The van der Waals surface area contributed by atoms with Gasteiger partial charge >= 0.3 is 0 Å². The van der Waals surface area contributed by atoms with Crippen LogP contribution < -0.4 is 11.1 Å². The number of amides is 1. The Labute approximate surface area is 124 Å². The van der Waals surface area contributed by atoms with E-state index in [2.05, 4.69) is 31.0 Å². The molecule has 0 saturated carbocycles. The zero-order chi connectivity index (χ0) is 15.2. The normalized spacial score (nSPS) is 23.8. The summed E-state index contributed by atoms with van der Waals surface area (Å²) >= 11 is 0. The van der Waals surface area contributed by atoms with Gasteiger partial charge in [0.05, 0.1) is 5.54 Å². The molecule has 1 saturated heterocycles. The third-order valence-electron chi connectivity index (χ3n) is 4.42. The molecule has 0 spiro atoms. The lowest BCUT2D eigenvalue weighted by molar-refractivity contribution is -0.124. The van der Waals surface area contributed by atoms with Crippen LogP contribution in [0, 0.1) is 0 Å². The molecule has 2 unspecified atom stereocenters. The van der Waals surface area contributed by atoms with Crippen molar-refractivity contribution in [2.45, 2.75) is 83.8 Å². The molecule has 4 nitrogen and oxygen atoms in total. The molecule has 1 aliphatic rings. The van der Waals surface area contributed by atoms with Crippen molar-refractivity contribution in [2.24, 2.45) is 5.73 Å². The minimum atomic E-state index is -0.595. The lowest BCUT2D eigenvalue weighted by atomic mass is 9.93. The number of piperidine rings is 1. The summed E-state index contributed by atoms with van der Waals surface area (Å²) in [5.74, 6) is -0.241. The van der Waals surface area contributed by atoms with Crippen molar-refractivity contribution in [3.8, 4) is 0 Å². The van der Waals surface area contributed by atoms with E-state index in [-0.39, 0.29) is 11.9 Å². The standard InChI is InChI=1S/C16H33N3O/c1-5-8-14-9-6-7-11-19(14)12-10-16(4,15(17)20)18-13(2)3/h13-14,18H,5-12H2,1-4H3,(H2,17,20). The van der Waals surface area contributed by atoms with Crippen LogP contribution in [-0.4, -0.2) is 41.5 Å². The van der Waals surface area contributed by atoms with Crippen molar-refractivity contribution < 1.29 is 4.79 Å². The van der Waals surface area contributed by atoms with Crippen LogP contribution in [0.25, 0.3) is 0 Å². The SMILES string of the molecule is CCCC1CCCCN1CCC(C)(NC(C)C)C(N)=O. The maximum Gasteiger partial charge on any atom is 0.237 e. The van der Waals surface area contributed by atoms with Crippen molar-refractivity contribution in [1.82, 2.24) is 10.2 Å². The van der Waals surface area contributed by atoms with Gasteiger partial charge in [-0.15, -0.1) is 0 Å². The van der Waals surface area contributed by atoms with Gasteiger partial charge in [-0.1, -0.05) is 19.8 Å². The van der Waals surface area contributed by atoms with Crippen LogP contribution >= 0.6 is 0 Å². The minimum Gasteiger partial charge on any atom is -0.368 e. The summed E-state index contributed by atoms with van der Waals surface area (Å²) in [5, 5.41) is 3.34. The predicted molar refractivity (Wildman–Crippen MR) is 84.6 cm³/mol. The summed E-state index contributed by atoms with van der Waals surface area (Å²) in [7, 11) is 0. The Morgan fingerprint density at radius 1 is 1.45 bits per heavy atom. The Morgan fingerprint density at radius 3 is 2.70 bits per heavy atom. The van der Waals surface area contributed by atoms with E-state index in [1.807, 2.05) is 6.92 Å². The summed E-state index contributed by atoms with van der Waals surface area (Å²) in [6.45, 7) is 10.4. The molecule has 20 heavy (non-hydrogen) atoms. The molecule has 4 heteroatoms. The summed E-state index contributed by atoms with van der Waals surface area (Å²) in [4.78, 5) is 14.3. The lowest BCUT2D eigenvalue weighted by Crippen LogP contribution is -2.57. The van der Waals surface area contributed by atoms with E-state index in [0.717, 1.165) is 13.0 Å². The summed E-state index contributed by atoms with van der Waals surface area (Å²) < 4.78 is 0. The Kier molecular flexibility index (Phi) is 6.96. The van der Waals surface area contributed by atoms with Crippen LogP contribution in [0.4, 0.5) is 0 Å². The molecule has 1 amide bonds. The van der Waals surface area contributed by atoms with Gasteiger partial charge in [0, 0.05) is 18.6 Å². The Balaban J connectivity index is 2.58. The Bertz CT molecular complexity index is 304. The van der Waals surface area contributed by atoms with Crippen LogP contribution in [0.1, 0.15) is 66.2 Å². The van der Waals surface area contributed by atoms with E-state index in [9.17, 15) is 4.79 Å². The van der Waals surface area contributed by atoms with Crippen molar-refractivity contribution >= 4 is 5.91 Å². The first-order chi connectivity index (χ1) is 9.39. The van der Waals surface area contributed by atoms with Crippen molar-refractivity contribution in [2.75, 3.05) is 13.1 Å². The highest BCUT2D eigenvalue weighted by atomic mass is 16.1. The molecule has 0 aromatic rings. The average Bonchev–Trinajstić information content (AvgIpc) is 2.37. The maximum absolute atomic E-state index is 11.8. The number of nitrogens with one attached hydrogen (secondary N) is 1. The highest BCUT2D eigenvalue weighted by molar-refractivity contribution is 5.84. The van der Waals surface area contributed by atoms with Gasteiger partial charge in [0.1, 0.15) is 0 Å². The first-order valence-electron chi connectivity index (χ1n) is 8.20. The molecule has 0 aromatic carbocycles. The van der Waals surface area contributed by atoms with E-state index in [1.54, 1.807) is 0 Å². The van der Waals surface area contributed by atoms with Gasteiger partial charge in [-0.05, 0) is 53.0 Å². The number of likely N-dealkylation sites (tertiary alicyclic amines) is 1. The molecule has 0 radical (unpaired) electrons. The molecular weight excluding hydrogens is 250 g/mol. The molecule has 2 atom stereocenters. The fraction of sp³-hybridized carbons (Fsp3) is 0.938.